The van der Waals surface area contributed by atoms with E-state index >= 15 is 0 Å². The minimum absolute atomic E-state index is 0.0930. The van der Waals surface area contributed by atoms with Gasteiger partial charge in [-0.05, 0) is 19.4 Å². The number of nitrogens with zero attached hydrogens (tertiary/aromatic N) is 1. The van der Waals surface area contributed by atoms with Crippen LogP contribution in [-0.2, 0) is 0 Å². The molecule has 10 heavy (non-hydrogen) atoms. The maximum atomic E-state index is 8.95. The van der Waals surface area contributed by atoms with E-state index in [4.69, 9.17) is 22.3 Å². The van der Waals surface area contributed by atoms with Gasteiger partial charge in [0.25, 0.3) is 0 Å². The summed E-state index contributed by atoms with van der Waals surface area (Å²) in [6.07, 6.45) is 0.431. The largest absolute Gasteiger partial charge is 0.372 e. The van der Waals surface area contributed by atoms with Crippen LogP contribution in [0.3, 0.4) is 0 Å². The molecule has 5 heteroatoms. The molecule has 0 amide bonds. The van der Waals surface area contributed by atoms with Gasteiger partial charge in [0, 0.05) is 0 Å². The van der Waals surface area contributed by atoms with Crippen LogP contribution < -0.4 is 17.2 Å². The van der Waals surface area contributed by atoms with E-state index in [1.54, 1.807) is 0 Å². The molecule has 0 aromatic heterocycles. The molecule has 0 saturated heterocycles. The van der Waals surface area contributed by atoms with E-state index in [-0.39, 0.29) is 5.96 Å². The first-order valence-electron chi connectivity index (χ1n) is 3.13. The summed E-state index contributed by atoms with van der Waals surface area (Å²) < 4.78 is 0. The Morgan fingerprint density at radius 2 is 2.10 bits per heavy atom. The lowest BCUT2D eigenvalue weighted by molar-refractivity contribution is 0.172. The lowest BCUT2D eigenvalue weighted by Gasteiger charge is -2.02. The van der Waals surface area contributed by atoms with Crippen molar-refractivity contribution in [2.24, 2.45) is 22.2 Å². The fourth-order valence-electron chi connectivity index (χ4n) is 0.537. The van der Waals surface area contributed by atoms with Crippen LogP contribution >= 0.6 is 0 Å². The van der Waals surface area contributed by atoms with Crippen molar-refractivity contribution in [3.05, 3.63) is 0 Å². The van der Waals surface area contributed by atoms with Crippen LogP contribution in [0, 0.1) is 0 Å². The molecule has 0 rings (SSSR count). The van der Waals surface area contributed by atoms with Crippen molar-refractivity contribution in [2.45, 2.75) is 19.1 Å². The molecule has 0 aliphatic carbocycles. The van der Waals surface area contributed by atoms with E-state index in [0.29, 0.717) is 13.0 Å². The van der Waals surface area contributed by atoms with Crippen molar-refractivity contribution in [1.82, 2.24) is 0 Å². The predicted molar refractivity (Wildman–Crippen MR) is 40.1 cm³/mol. The number of aliphatic imine (C=N–C) groups is 1. The highest BCUT2D eigenvalue weighted by Crippen LogP contribution is 1.95. The lowest BCUT2D eigenvalue weighted by atomic mass is 10.3. The molecule has 0 heterocycles. The summed E-state index contributed by atoms with van der Waals surface area (Å²) in [5, 5.41) is 8.95. The first kappa shape index (κ1) is 9.19. The van der Waals surface area contributed by atoms with Gasteiger partial charge in [-0.15, -0.1) is 0 Å². The molecule has 0 fully saturated rings. The molecule has 0 aromatic carbocycles. The van der Waals surface area contributed by atoms with Crippen LogP contribution in [0.4, 0.5) is 0 Å². The maximum Gasteiger partial charge on any atom is 0.188 e. The average molecular weight is 146 g/mol. The number of hydrogen-bond donors (Lipinski definition) is 4. The third kappa shape index (κ3) is 5.33. The highest BCUT2D eigenvalue weighted by Gasteiger charge is 1.98. The molecule has 0 bridgehead atoms. The molecule has 0 aliphatic heterocycles. The number of nitrogens with two attached hydrogens (primary N) is 3. The van der Waals surface area contributed by atoms with Gasteiger partial charge < -0.3 is 22.3 Å². The number of aliphatic hydroxyl groups excluding tert-OH is 1. The van der Waals surface area contributed by atoms with Crippen molar-refractivity contribution < 1.29 is 5.11 Å². The van der Waals surface area contributed by atoms with Crippen molar-refractivity contribution in [1.29, 1.82) is 0 Å². The first-order valence-corrected chi connectivity index (χ1v) is 3.13. The fraction of sp³-hybridized carbons (Fsp3) is 0.800. The number of guanidine groups is 1. The fourth-order valence-corrected chi connectivity index (χ4v) is 0.537. The second-order valence-electron chi connectivity index (χ2n) is 1.97. The summed E-state index contributed by atoms with van der Waals surface area (Å²) in [7, 11) is 0. The maximum absolute atomic E-state index is 8.95. The number of rotatable bonds is 4. The average Bonchev–Trinajstić information content (AvgIpc) is 1.82. The summed E-state index contributed by atoms with van der Waals surface area (Å²) in [6, 6.07) is 0. The molecule has 5 nitrogen and oxygen atoms in total. The zero-order valence-corrected chi connectivity index (χ0v) is 5.83. The Morgan fingerprint density at radius 3 is 2.50 bits per heavy atom. The molecule has 1 atom stereocenters. The number of aliphatic hydroxyl groups is 1. The SMILES string of the molecule is NCCCC(O)N=C(N)N. The zero-order valence-electron chi connectivity index (χ0n) is 5.83. The summed E-state index contributed by atoms with van der Waals surface area (Å²) in [6.45, 7) is 0.539. The van der Waals surface area contributed by atoms with Gasteiger partial charge in [-0.1, -0.05) is 0 Å². The molecule has 0 spiro atoms. The quantitative estimate of drug-likeness (QED) is 0.280. The smallest absolute Gasteiger partial charge is 0.188 e. The Bertz CT molecular complexity index is 110. The highest BCUT2D eigenvalue weighted by atomic mass is 16.3. The van der Waals surface area contributed by atoms with E-state index in [1.165, 1.54) is 0 Å². The van der Waals surface area contributed by atoms with Crippen LogP contribution in [0.2, 0.25) is 0 Å². The van der Waals surface area contributed by atoms with Gasteiger partial charge in [0.2, 0.25) is 0 Å². The molecular formula is C5H14N4O. The molecule has 0 saturated carbocycles. The van der Waals surface area contributed by atoms with Gasteiger partial charge in [-0.2, -0.15) is 0 Å². The second-order valence-corrected chi connectivity index (χ2v) is 1.97. The van der Waals surface area contributed by atoms with E-state index in [0.717, 1.165) is 6.42 Å². The van der Waals surface area contributed by atoms with E-state index in [1.807, 2.05) is 0 Å². The lowest BCUT2D eigenvalue weighted by Crippen LogP contribution is -2.25. The second kappa shape index (κ2) is 5.01. The Labute approximate surface area is 59.9 Å². The van der Waals surface area contributed by atoms with Gasteiger partial charge in [-0.3, -0.25) is 0 Å². The highest BCUT2D eigenvalue weighted by molar-refractivity contribution is 5.75. The summed E-state index contributed by atoms with van der Waals surface area (Å²) in [5.41, 5.74) is 15.2. The van der Waals surface area contributed by atoms with Crippen LogP contribution in [0.25, 0.3) is 0 Å². The standard InChI is InChI=1S/C5H14N4O/c6-3-1-2-4(10)9-5(7)8/h4,10H,1-3,6H2,(H4,7,8,9). The minimum atomic E-state index is -0.798. The normalized spacial score (nSPS) is 12.6. The molecule has 60 valence electrons. The third-order valence-corrected chi connectivity index (χ3v) is 0.965. The van der Waals surface area contributed by atoms with Gasteiger partial charge in [0.15, 0.2) is 5.96 Å². The van der Waals surface area contributed by atoms with Crippen molar-refractivity contribution in [3.63, 3.8) is 0 Å². The Morgan fingerprint density at radius 1 is 1.50 bits per heavy atom. The summed E-state index contributed by atoms with van der Waals surface area (Å²) in [4.78, 5) is 3.49. The van der Waals surface area contributed by atoms with E-state index in [9.17, 15) is 0 Å². The first-order chi connectivity index (χ1) is 4.66. The number of hydrogen-bond acceptors (Lipinski definition) is 3. The predicted octanol–water partition coefficient (Wildman–Crippen LogP) is -1.68. The van der Waals surface area contributed by atoms with Crippen molar-refractivity contribution in [2.75, 3.05) is 6.54 Å². The minimum Gasteiger partial charge on any atom is -0.372 e. The van der Waals surface area contributed by atoms with Crippen LogP contribution in [0.1, 0.15) is 12.8 Å². The van der Waals surface area contributed by atoms with Gasteiger partial charge in [0.1, 0.15) is 6.23 Å². The van der Waals surface area contributed by atoms with Gasteiger partial charge in [0.05, 0.1) is 0 Å². The molecule has 7 N–H and O–H groups in total. The molecule has 0 radical (unpaired) electrons. The van der Waals surface area contributed by atoms with Crippen LogP contribution in [0.15, 0.2) is 4.99 Å². The van der Waals surface area contributed by atoms with Gasteiger partial charge in [-0.25, -0.2) is 4.99 Å². The monoisotopic (exact) mass is 146 g/mol. The Balaban J connectivity index is 3.43. The molecule has 1 unspecified atom stereocenters. The zero-order chi connectivity index (χ0) is 7.98. The van der Waals surface area contributed by atoms with Crippen LogP contribution in [0.5, 0.6) is 0 Å². The summed E-state index contributed by atoms with van der Waals surface area (Å²) in [5.74, 6) is -0.0930. The van der Waals surface area contributed by atoms with Crippen molar-refractivity contribution >= 4 is 5.96 Å². The molecular weight excluding hydrogens is 132 g/mol. The molecule has 0 aromatic rings. The Kier molecular flexibility index (Phi) is 4.61. The topological polar surface area (TPSA) is 111 Å². The van der Waals surface area contributed by atoms with E-state index in [2.05, 4.69) is 4.99 Å². The van der Waals surface area contributed by atoms with Crippen LogP contribution in [-0.4, -0.2) is 23.8 Å². The molecule has 0 aliphatic rings. The third-order valence-electron chi connectivity index (χ3n) is 0.965. The van der Waals surface area contributed by atoms with E-state index < -0.39 is 6.23 Å². The van der Waals surface area contributed by atoms with Crippen molar-refractivity contribution in [3.8, 4) is 0 Å². The Hall–Kier alpha value is -0.810. The van der Waals surface area contributed by atoms with Gasteiger partial charge >= 0.3 is 0 Å². The summed E-state index contributed by atoms with van der Waals surface area (Å²) >= 11 is 0.